The van der Waals surface area contributed by atoms with Gasteiger partial charge < -0.3 is 14.2 Å². The van der Waals surface area contributed by atoms with Crippen molar-refractivity contribution in [3.8, 4) is 11.8 Å². The first-order valence-electron chi connectivity index (χ1n) is 6.14. The van der Waals surface area contributed by atoms with Gasteiger partial charge in [0.1, 0.15) is 11.9 Å². The lowest BCUT2D eigenvalue weighted by molar-refractivity contribution is -0.133. The standard InChI is InChI=1S/C14H13N3O5/c1-20-7-10(14(19)21-2)9-6-15-8-16-13(9)22-12-5-3-4-11(18)17-12/h3-8H,1-2H3,(H,17,18)/b10-7+. The van der Waals surface area contributed by atoms with Crippen molar-refractivity contribution in [3.63, 3.8) is 0 Å². The molecule has 2 aromatic rings. The van der Waals surface area contributed by atoms with Gasteiger partial charge in [-0.15, -0.1) is 0 Å². The average Bonchev–Trinajstić information content (AvgIpc) is 2.53. The molecule has 0 saturated carbocycles. The summed E-state index contributed by atoms with van der Waals surface area (Å²) in [4.78, 5) is 33.4. The van der Waals surface area contributed by atoms with Gasteiger partial charge in [-0.05, 0) is 6.07 Å². The van der Waals surface area contributed by atoms with E-state index in [0.717, 1.165) is 0 Å². The maximum Gasteiger partial charge on any atom is 0.341 e. The van der Waals surface area contributed by atoms with Crippen LogP contribution in [0.2, 0.25) is 0 Å². The Bertz CT molecular complexity index is 754. The molecule has 0 saturated heterocycles. The summed E-state index contributed by atoms with van der Waals surface area (Å²) in [5, 5.41) is 0. The van der Waals surface area contributed by atoms with Crippen LogP contribution in [0.3, 0.4) is 0 Å². The van der Waals surface area contributed by atoms with Crippen LogP contribution < -0.4 is 10.3 Å². The quantitative estimate of drug-likeness (QED) is 0.501. The smallest absolute Gasteiger partial charge is 0.341 e. The number of pyridine rings is 1. The largest absolute Gasteiger partial charge is 0.503 e. The Morgan fingerprint density at radius 2 is 2.14 bits per heavy atom. The van der Waals surface area contributed by atoms with E-state index in [-0.39, 0.29) is 28.5 Å². The minimum atomic E-state index is -0.636. The SMILES string of the molecule is CO/C=C(/C(=O)OC)c1cncnc1Oc1cccc(=O)[nH]1. The highest BCUT2D eigenvalue weighted by atomic mass is 16.5. The van der Waals surface area contributed by atoms with E-state index in [1.807, 2.05) is 0 Å². The van der Waals surface area contributed by atoms with Crippen LogP contribution in [0.25, 0.3) is 5.57 Å². The van der Waals surface area contributed by atoms with Gasteiger partial charge in [-0.25, -0.2) is 14.8 Å². The second-order valence-corrected chi connectivity index (χ2v) is 3.98. The summed E-state index contributed by atoms with van der Waals surface area (Å²) < 4.78 is 15.1. The van der Waals surface area contributed by atoms with Crippen molar-refractivity contribution in [2.75, 3.05) is 14.2 Å². The molecular formula is C14H13N3O5. The number of hydrogen-bond donors (Lipinski definition) is 1. The number of H-pyrrole nitrogens is 1. The molecule has 0 fully saturated rings. The number of methoxy groups -OCH3 is 2. The van der Waals surface area contributed by atoms with Crippen molar-refractivity contribution in [3.05, 3.63) is 52.9 Å². The van der Waals surface area contributed by atoms with Crippen molar-refractivity contribution in [2.45, 2.75) is 0 Å². The fraction of sp³-hybridized carbons (Fsp3) is 0.143. The summed E-state index contributed by atoms with van der Waals surface area (Å²) in [5.41, 5.74) is 0.0218. The van der Waals surface area contributed by atoms with Crippen LogP contribution in [0.5, 0.6) is 11.8 Å². The zero-order valence-corrected chi connectivity index (χ0v) is 11.9. The molecule has 0 aliphatic heterocycles. The zero-order valence-electron chi connectivity index (χ0n) is 11.9. The number of nitrogens with one attached hydrogen (secondary N) is 1. The number of rotatable bonds is 5. The van der Waals surface area contributed by atoms with Gasteiger partial charge in [0.2, 0.25) is 11.8 Å². The number of carbonyl (C=O) groups is 1. The van der Waals surface area contributed by atoms with Crippen molar-refractivity contribution in [1.82, 2.24) is 15.0 Å². The third-order valence-electron chi connectivity index (χ3n) is 2.56. The van der Waals surface area contributed by atoms with Gasteiger partial charge in [0.15, 0.2) is 0 Å². The number of hydrogen-bond acceptors (Lipinski definition) is 7. The molecule has 0 spiro atoms. The second-order valence-electron chi connectivity index (χ2n) is 3.98. The second kappa shape index (κ2) is 7.02. The molecular weight excluding hydrogens is 290 g/mol. The summed E-state index contributed by atoms with van der Waals surface area (Å²) >= 11 is 0. The van der Waals surface area contributed by atoms with Gasteiger partial charge in [-0.1, -0.05) is 6.07 Å². The number of aromatic nitrogens is 3. The Morgan fingerprint density at radius 3 is 2.82 bits per heavy atom. The normalized spacial score (nSPS) is 10.9. The molecule has 2 aromatic heterocycles. The Labute approximate surface area is 125 Å². The van der Waals surface area contributed by atoms with E-state index in [2.05, 4.69) is 19.7 Å². The summed E-state index contributed by atoms with van der Waals surface area (Å²) in [6.45, 7) is 0. The molecule has 0 bridgehead atoms. The molecule has 0 unspecified atom stereocenters. The molecule has 2 rings (SSSR count). The molecule has 1 N–H and O–H groups in total. The molecule has 22 heavy (non-hydrogen) atoms. The highest BCUT2D eigenvalue weighted by Crippen LogP contribution is 2.27. The van der Waals surface area contributed by atoms with Gasteiger partial charge >= 0.3 is 5.97 Å². The molecule has 114 valence electrons. The van der Waals surface area contributed by atoms with Crippen molar-refractivity contribution >= 4 is 11.5 Å². The Hall–Kier alpha value is -3.16. The molecule has 0 aliphatic carbocycles. The predicted molar refractivity (Wildman–Crippen MR) is 76.2 cm³/mol. The predicted octanol–water partition coefficient (Wildman–Crippen LogP) is 1.12. The monoisotopic (exact) mass is 303 g/mol. The van der Waals surface area contributed by atoms with Crippen molar-refractivity contribution < 1.29 is 19.0 Å². The van der Waals surface area contributed by atoms with Gasteiger partial charge in [0.05, 0.1) is 26.0 Å². The van der Waals surface area contributed by atoms with E-state index in [0.29, 0.717) is 0 Å². The third-order valence-corrected chi connectivity index (χ3v) is 2.56. The molecule has 8 nitrogen and oxygen atoms in total. The summed E-state index contributed by atoms with van der Waals surface area (Å²) in [5.74, 6) is -0.386. The van der Waals surface area contributed by atoms with Crippen LogP contribution in [0.4, 0.5) is 0 Å². The van der Waals surface area contributed by atoms with E-state index < -0.39 is 5.97 Å². The Kier molecular flexibility index (Phi) is 4.86. The van der Waals surface area contributed by atoms with Crippen LogP contribution in [0, 0.1) is 0 Å². The number of ether oxygens (including phenoxy) is 3. The molecule has 0 atom stereocenters. The lowest BCUT2D eigenvalue weighted by Crippen LogP contribution is -2.08. The first-order valence-corrected chi connectivity index (χ1v) is 6.14. The number of esters is 1. The van der Waals surface area contributed by atoms with Crippen LogP contribution in [0.1, 0.15) is 5.56 Å². The summed E-state index contributed by atoms with van der Waals surface area (Å²) in [6.07, 6.45) is 3.83. The first kappa shape index (κ1) is 15.2. The van der Waals surface area contributed by atoms with Crippen LogP contribution in [-0.4, -0.2) is 35.1 Å². The van der Waals surface area contributed by atoms with Gasteiger partial charge in [0.25, 0.3) is 5.56 Å². The minimum Gasteiger partial charge on any atom is -0.503 e. The van der Waals surface area contributed by atoms with E-state index in [4.69, 9.17) is 9.47 Å². The van der Waals surface area contributed by atoms with E-state index in [1.54, 1.807) is 6.07 Å². The molecule has 0 radical (unpaired) electrons. The first-order chi connectivity index (χ1) is 10.7. The third kappa shape index (κ3) is 3.48. The average molecular weight is 303 g/mol. The Balaban J connectivity index is 2.43. The highest BCUT2D eigenvalue weighted by molar-refractivity contribution is 6.16. The number of carbonyl (C=O) groups excluding carboxylic acids is 1. The fourth-order valence-corrected chi connectivity index (χ4v) is 1.63. The van der Waals surface area contributed by atoms with Crippen molar-refractivity contribution in [2.24, 2.45) is 0 Å². The maximum absolute atomic E-state index is 11.8. The minimum absolute atomic E-state index is 0.0746. The summed E-state index contributed by atoms with van der Waals surface area (Å²) in [6, 6.07) is 4.42. The maximum atomic E-state index is 11.8. The Morgan fingerprint density at radius 1 is 1.32 bits per heavy atom. The number of nitrogens with zero attached hydrogens (tertiary/aromatic N) is 2. The molecule has 8 heteroatoms. The van der Waals surface area contributed by atoms with E-state index in [1.165, 1.54) is 45.1 Å². The topological polar surface area (TPSA) is 103 Å². The van der Waals surface area contributed by atoms with E-state index in [9.17, 15) is 9.59 Å². The van der Waals surface area contributed by atoms with Crippen LogP contribution in [0.15, 0.2) is 41.8 Å². The molecule has 0 amide bonds. The zero-order chi connectivity index (χ0) is 15.9. The van der Waals surface area contributed by atoms with Gasteiger partial charge in [-0.3, -0.25) is 9.78 Å². The molecule has 0 aromatic carbocycles. The molecule has 0 aliphatic rings. The highest BCUT2D eigenvalue weighted by Gasteiger charge is 2.19. The number of aromatic amines is 1. The van der Waals surface area contributed by atoms with Gasteiger partial charge in [-0.2, -0.15) is 0 Å². The van der Waals surface area contributed by atoms with Gasteiger partial charge in [0, 0.05) is 12.3 Å². The van der Waals surface area contributed by atoms with E-state index >= 15 is 0 Å². The van der Waals surface area contributed by atoms with Crippen LogP contribution in [-0.2, 0) is 14.3 Å². The lowest BCUT2D eigenvalue weighted by atomic mass is 10.1. The fourth-order valence-electron chi connectivity index (χ4n) is 1.63. The van der Waals surface area contributed by atoms with Crippen molar-refractivity contribution in [1.29, 1.82) is 0 Å². The lowest BCUT2D eigenvalue weighted by Gasteiger charge is -2.10. The summed E-state index contributed by atoms with van der Waals surface area (Å²) in [7, 11) is 2.63. The molecule has 2 heterocycles. The van der Waals surface area contributed by atoms with Crippen LogP contribution >= 0.6 is 0 Å².